The third kappa shape index (κ3) is 8.54. The topological polar surface area (TPSA) is 40.1 Å². The van der Waals surface area contributed by atoms with Gasteiger partial charge in [-0.2, -0.15) is 0 Å². The maximum atomic E-state index is 5.18. The molecule has 2 heterocycles. The number of nitrogens with zero attached hydrogens (tertiary/aromatic N) is 3. The van der Waals surface area contributed by atoms with E-state index in [2.05, 4.69) is 46.6 Å². The summed E-state index contributed by atoms with van der Waals surface area (Å²) in [5.41, 5.74) is 0. The number of hydrogen-bond donors (Lipinski definition) is 1. The van der Waals surface area contributed by atoms with Gasteiger partial charge in [-0.3, -0.25) is 4.99 Å². The average molecular weight is 494 g/mol. The van der Waals surface area contributed by atoms with Crippen LogP contribution in [0.3, 0.4) is 0 Å². The number of rotatable bonds is 9. The highest BCUT2D eigenvalue weighted by Crippen LogP contribution is 2.17. The molecular weight excluding hydrogens is 459 g/mol. The molecule has 0 amide bonds. The molecule has 1 aromatic rings. The predicted molar refractivity (Wildman–Crippen MR) is 123 cm³/mol. The largest absolute Gasteiger partial charge is 0.383 e. The van der Waals surface area contributed by atoms with Crippen LogP contribution in [0.4, 0.5) is 0 Å². The van der Waals surface area contributed by atoms with Gasteiger partial charge in [-0.15, -0.1) is 35.3 Å². The van der Waals surface area contributed by atoms with Crippen LogP contribution in [0.15, 0.2) is 22.5 Å². The van der Waals surface area contributed by atoms with Gasteiger partial charge in [-0.05, 0) is 56.6 Å². The monoisotopic (exact) mass is 494 g/mol. The molecular formula is C19H35IN4OS. The molecule has 1 aromatic heterocycles. The fraction of sp³-hybridized carbons (Fsp3) is 0.737. The highest BCUT2D eigenvalue weighted by molar-refractivity contribution is 14.0. The van der Waals surface area contributed by atoms with Crippen LogP contribution in [0.1, 0.15) is 24.6 Å². The number of hydrogen-bond acceptors (Lipinski definition) is 4. The fourth-order valence-electron chi connectivity index (χ4n) is 3.14. The van der Waals surface area contributed by atoms with Crippen LogP contribution in [-0.4, -0.2) is 75.8 Å². The lowest BCUT2D eigenvalue weighted by atomic mass is 9.97. The molecule has 0 atom stereocenters. The lowest BCUT2D eigenvalue weighted by molar-refractivity contribution is 0.121. The number of thiophene rings is 1. The van der Waals surface area contributed by atoms with Gasteiger partial charge >= 0.3 is 0 Å². The second-order valence-electron chi connectivity index (χ2n) is 6.72. The molecule has 0 spiro atoms. The molecule has 0 radical (unpaired) electrons. The normalized spacial score (nSPS) is 16.3. The fourth-order valence-corrected chi connectivity index (χ4v) is 3.84. The van der Waals surface area contributed by atoms with Crippen molar-refractivity contribution >= 4 is 41.3 Å². The summed E-state index contributed by atoms with van der Waals surface area (Å²) in [6.45, 7) is 9.23. The van der Waals surface area contributed by atoms with Crippen LogP contribution in [0.5, 0.6) is 0 Å². The number of likely N-dealkylation sites (N-methyl/N-ethyl adjacent to an activating group) is 1. The molecule has 26 heavy (non-hydrogen) atoms. The molecule has 1 fully saturated rings. The van der Waals surface area contributed by atoms with Crippen LogP contribution in [0, 0.1) is 5.92 Å². The highest BCUT2D eigenvalue weighted by Gasteiger charge is 2.19. The lowest BCUT2D eigenvalue weighted by Crippen LogP contribution is -2.41. The summed E-state index contributed by atoms with van der Waals surface area (Å²) in [6.07, 6.45) is 3.56. The smallest absolute Gasteiger partial charge is 0.193 e. The van der Waals surface area contributed by atoms with Gasteiger partial charge in [0.25, 0.3) is 0 Å². The molecule has 1 aliphatic rings. The quantitative estimate of drug-likeness (QED) is 0.325. The molecule has 0 aliphatic carbocycles. The summed E-state index contributed by atoms with van der Waals surface area (Å²) in [6, 6.07) is 4.33. The van der Waals surface area contributed by atoms with E-state index in [1.165, 1.54) is 30.8 Å². The van der Waals surface area contributed by atoms with Crippen molar-refractivity contribution < 1.29 is 4.74 Å². The zero-order valence-electron chi connectivity index (χ0n) is 16.4. The number of likely N-dealkylation sites (tertiary alicyclic amines) is 1. The van der Waals surface area contributed by atoms with Gasteiger partial charge in [-0.25, -0.2) is 0 Å². The molecule has 1 aliphatic heterocycles. The van der Waals surface area contributed by atoms with E-state index in [4.69, 9.17) is 9.73 Å². The molecule has 1 saturated heterocycles. The van der Waals surface area contributed by atoms with Crippen molar-refractivity contribution in [1.29, 1.82) is 0 Å². The molecule has 2 rings (SSSR count). The van der Waals surface area contributed by atoms with Crippen molar-refractivity contribution in [3.8, 4) is 0 Å². The Balaban J connectivity index is 0.00000338. The summed E-state index contributed by atoms with van der Waals surface area (Å²) >= 11 is 1.83. The molecule has 0 saturated carbocycles. The van der Waals surface area contributed by atoms with E-state index in [-0.39, 0.29) is 24.0 Å². The first-order valence-electron chi connectivity index (χ1n) is 9.46. The Morgan fingerprint density at radius 1 is 1.42 bits per heavy atom. The van der Waals surface area contributed by atoms with Crippen molar-refractivity contribution in [3.63, 3.8) is 0 Å². The first kappa shape index (κ1) is 23.7. The van der Waals surface area contributed by atoms with E-state index < -0.39 is 0 Å². The van der Waals surface area contributed by atoms with Crippen molar-refractivity contribution in [2.75, 3.05) is 60.0 Å². The number of aliphatic imine (C=N–C) groups is 1. The van der Waals surface area contributed by atoms with Crippen LogP contribution < -0.4 is 5.32 Å². The number of piperidine rings is 1. The zero-order chi connectivity index (χ0) is 17.9. The molecule has 1 N–H and O–H groups in total. The minimum Gasteiger partial charge on any atom is -0.383 e. The zero-order valence-corrected chi connectivity index (χ0v) is 19.6. The second kappa shape index (κ2) is 13.7. The molecule has 150 valence electrons. The summed E-state index contributed by atoms with van der Waals surface area (Å²) in [7, 11) is 3.92. The van der Waals surface area contributed by atoms with Gasteiger partial charge in [0, 0.05) is 45.2 Å². The SMILES string of the molecule is CCNC(=NCC1CCN(CCOC)CC1)N(C)CCc1cccs1.I. The Hall–Kier alpha value is -0.380. The number of methoxy groups -OCH3 is 1. The first-order chi connectivity index (χ1) is 12.2. The van der Waals surface area contributed by atoms with Crippen LogP contribution in [0.25, 0.3) is 0 Å². The van der Waals surface area contributed by atoms with Gasteiger partial charge in [0.15, 0.2) is 5.96 Å². The number of nitrogens with one attached hydrogen (secondary N) is 1. The van der Waals surface area contributed by atoms with Gasteiger partial charge < -0.3 is 19.9 Å². The Labute approximate surface area is 180 Å². The van der Waals surface area contributed by atoms with E-state index in [1.807, 2.05) is 11.3 Å². The lowest BCUT2D eigenvalue weighted by Gasteiger charge is -2.31. The van der Waals surface area contributed by atoms with Crippen molar-refractivity contribution in [3.05, 3.63) is 22.4 Å². The Morgan fingerprint density at radius 2 is 2.19 bits per heavy atom. The Bertz CT molecular complexity index is 490. The number of guanidine groups is 1. The molecule has 0 bridgehead atoms. The third-order valence-corrected chi connectivity index (χ3v) is 5.72. The third-order valence-electron chi connectivity index (χ3n) is 4.79. The van der Waals surface area contributed by atoms with E-state index in [0.717, 1.165) is 45.2 Å². The number of halogens is 1. The van der Waals surface area contributed by atoms with Gasteiger partial charge in [0.05, 0.1) is 6.61 Å². The van der Waals surface area contributed by atoms with Crippen molar-refractivity contribution in [2.24, 2.45) is 10.9 Å². The van der Waals surface area contributed by atoms with E-state index >= 15 is 0 Å². The van der Waals surface area contributed by atoms with Crippen LogP contribution in [0.2, 0.25) is 0 Å². The van der Waals surface area contributed by atoms with E-state index in [0.29, 0.717) is 5.92 Å². The van der Waals surface area contributed by atoms with Gasteiger partial charge in [0.2, 0.25) is 0 Å². The van der Waals surface area contributed by atoms with Crippen molar-refractivity contribution in [1.82, 2.24) is 15.1 Å². The molecule has 7 heteroatoms. The van der Waals surface area contributed by atoms with Crippen LogP contribution >= 0.6 is 35.3 Å². The standard InChI is InChI=1S/C19H34N4OS.HI/c1-4-20-19(22(2)10-9-18-6-5-15-25-18)21-16-17-7-11-23(12-8-17)13-14-24-3;/h5-6,15,17H,4,7-14,16H2,1-3H3,(H,20,21);1H. The average Bonchev–Trinajstić information content (AvgIpc) is 3.16. The summed E-state index contributed by atoms with van der Waals surface area (Å²) in [5, 5.41) is 5.59. The minimum atomic E-state index is 0. The van der Waals surface area contributed by atoms with Crippen LogP contribution in [-0.2, 0) is 11.2 Å². The first-order valence-corrected chi connectivity index (χ1v) is 10.3. The molecule has 5 nitrogen and oxygen atoms in total. The summed E-state index contributed by atoms with van der Waals surface area (Å²) in [4.78, 5) is 11.1. The second-order valence-corrected chi connectivity index (χ2v) is 7.76. The Morgan fingerprint density at radius 3 is 2.81 bits per heavy atom. The minimum absolute atomic E-state index is 0. The molecule has 0 aromatic carbocycles. The summed E-state index contributed by atoms with van der Waals surface area (Å²) in [5.74, 6) is 1.75. The van der Waals surface area contributed by atoms with E-state index in [9.17, 15) is 0 Å². The van der Waals surface area contributed by atoms with Gasteiger partial charge in [-0.1, -0.05) is 6.07 Å². The maximum absolute atomic E-state index is 5.18. The molecule has 0 unspecified atom stereocenters. The van der Waals surface area contributed by atoms with Crippen molar-refractivity contribution in [2.45, 2.75) is 26.2 Å². The predicted octanol–water partition coefficient (Wildman–Crippen LogP) is 3.16. The Kier molecular flexibility index (Phi) is 12.5. The highest BCUT2D eigenvalue weighted by atomic mass is 127. The van der Waals surface area contributed by atoms with Gasteiger partial charge in [0.1, 0.15) is 0 Å². The summed E-state index contributed by atoms with van der Waals surface area (Å²) < 4.78 is 5.18. The maximum Gasteiger partial charge on any atom is 0.193 e. The van der Waals surface area contributed by atoms with E-state index in [1.54, 1.807) is 7.11 Å². The number of ether oxygens (including phenoxy) is 1.